The lowest BCUT2D eigenvalue weighted by Crippen LogP contribution is -2.26. The van der Waals surface area contributed by atoms with Gasteiger partial charge in [0.05, 0.1) is 12.5 Å². The number of halogens is 3. The van der Waals surface area contributed by atoms with Gasteiger partial charge in [0.1, 0.15) is 5.75 Å². The minimum absolute atomic E-state index is 0.0838. The van der Waals surface area contributed by atoms with Crippen molar-refractivity contribution in [3.05, 3.63) is 29.8 Å². The molecule has 0 saturated heterocycles. The van der Waals surface area contributed by atoms with E-state index in [4.69, 9.17) is 4.74 Å². The quantitative estimate of drug-likeness (QED) is 0.771. The van der Waals surface area contributed by atoms with Crippen molar-refractivity contribution in [3.8, 4) is 5.75 Å². The van der Waals surface area contributed by atoms with Crippen LogP contribution < -0.4 is 4.74 Å². The van der Waals surface area contributed by atoms with Gasteiger partial charge < -0.3 is 4.74 Å². The molecule has 4 heteroatoms. The predicted molar refractivity (Wildman–Crippen MR) is 54.4 cm³/mol. The summed E-state index contributed by atoms with van der Waals surface area (Å²) < 4.78 is 43.1. The molecule has 0 bridgehead atoms. The third-order valence-corrected chi connectivity index (χ3v) is 3.16. The fourth-order valence-corrected chi connectivity index (χ4v) is 1.85. The molecular weight excluding hydrogens is 217 g/mol. The van der Waals surface area contributed by atoms with Crippen molar-refractivity contribution in [3.63, 3.8) is 0 Å². The number of ether oxygens (including phenoxy) is 1. The zero-order valence-electron chi connectivity index (χ0n) is 8.97. The molecule has 0 radical (unpaired) electrons. The molecule has 0 amide bonds. The smallest absolute Gasteiger partial charge is 0.394 e. The van der Waals surface area contributed by atoms with E-state index in [0.29, 0.717) is 5.75 Å². The summed E-state index contributed by atoms with van der Waals surface area (Å²) in [4.78, 5) is 0. The largest absolute Gasteiger partial charge is 0.497 e. The van der Waals surface area contributed by atoms with Gasteiger partial charge >= 0.3 is 6.18 Å². The summed E-state index contributed by atoms with van der Waals surface area (Å²) in [5.74, 6) is 0.667. The van der Waals surface area contributed by atoms with Crippen LogP contribution in [-0.4, -0.2) is 13.3 Å². The van der Waals surface area contributed by atoms with Gasteiger partial charge in [0.2, 0.25) is 0 Å². The minimum atomic E-state index is -4.08. The van der Waals surface area contributed by atoms with Crippen molar-refractivity contribution in [2.75, 3.05) is 7.11 Å². The second kappa shape index (κ2) is 3.68. The average Bonchev–Trinajstić information content (AvgIpc) is 2.99. The normalized spacial score (nSPS) is 18.2. The monoisotopic (exact) mass is 230 g/mol. The topological polar surface area (TPSA) is 9.23 Å². The Morgan fingerprint density at radius 1 is 1.19 bits per heavy atom. The van der Waals surface area contributed by atoms with E-state index in [9.17, 15) is 13.2 Å². The van der Waals surface area contributed by atoms with E-state index in [-0.39, 0.29) is 19.3 Å². The Hall–Kier alpha value is -1.19. The zero-order chi connectivity index (χ0) is 11.8. The van der Waals surface area contributed by atoms with Crippen molar-refractivity contribution in [2.24, 2.45) is 5.41 Å². The van der Waals surface area contributed by atoms with Gasteiger partial charge in [-0.15, -0.1) is 0 Å². The summed E-state index contributed by atoms with van der Waals surface area (Å²) in [5, 5.41) is 0. The highest BCUT2D eigenvalue weighted by molar-refractivity contribution is 5.28. The summed E-state index contributed by atoms with van der Waals surface area (Å²) in [7, 11) is 1.53. The Labute approximate surface area is 92.2 Å². The molecule has 1 aromatic carbocycles. The zero-order valence-corrected chi connectivity index (χ0v) is 8.97. The van der Waals surface area contributed by atoms with Crippen molar-refractivity contribution in [2.45, 2.75) is 25.4 Å². The molecule has 1 saturated carbocycles. The van der Waals surface area contributed by atoms with Gasteiger partial charge in [0.15, 0.2) is 0 Å². The fraction of sp³-hybridized carbons (Fsp3) is 0.500. The third kappa shape index (κ3) is 2.01. The van der Waals surface area contributed by atoms with Crippen LogP contribution in [0.15, 0.2) is 24.3 Å². The van der Waals surface area contributed by atoms with Crippen LogP contribution in [0.2, 0.25) is 0 Å². The Bertz CT molecular complexity index is 363. The molecule has 1 aliphatic carbocycles. The minimum Gasteiger partial charge on any atom is -0.497 e. The van der Waals surface area contributed by atoms with E-state index in [1.807, 2.05) is 0 Å². The summed E-state index contributed by atoms with van der Waals surface area (Å²) in [5.41, 5.74) is -0.739. The fourth-order valence-electron chi connectivity index (χ4n) is 1.85. The number of hydrogen-bond acceptors (Lipinski definition) is 1. The van der Waals surface area contributed by atoms with E-state index < -0.39 is 11.6 Å². The van der Waals surface area contributed by atoms with E-state index in [0.717, 1.165) is 5.56 Å². The standard InChI is InChI=1S/C12H13F3O/c1-16-10-4-2-9(3-5-10)8-11(6-7-11)12(13,14)15/h2-5H,6-8H2,1H3. The number of methoxy groups -OCH3 is 1. The number of alkyl halides is 3. The number of benzene rings is 1. The Balaban J connectivity index is 2.10. The molecule has 1 fully saturated rings. The van der Waals surface area contributed by atoms with Crippen LogP contribution in [0.25, 0.3) is 0 Å². The van der Waals surface area contributed by atoms with Crippen molar-refractivity contribution in [1.29, 1.82) is 0 Å². The summed E-state index contributed by atoms with van der Waals surface area (Å²) >= 11 is 0. The van der Waals surface area contributed by atoms with E-state index >= 15 is 0 Å². The van der Waals surface area contributed by atoms with Gasteiger partial charge in [-0.05, 0) is 37.0 Å². The second-order valence-electron chi connectivity index (χ2n) is 4.30. The second-order valence-corrected chi connectivity index (χ2v) is 4.30. The molecule has 0 atom stereocenters. The van der Waals surface area contributed by atoms with Crippen LogP contribution in [0, 0.1) is 5.41 Å². The lowest BCUT2D eigenvalue weighted by Gasteiger charge is -2.19. The van der Waals surface area contributed by atoms with Gasteiger partial charge in [0, 0.05) is 0 Å². The molecule has 88 valence electrons. The SMILES string of the molecule is COc1ccc(CC2(C(F)(F)F)CC2)cc1. The Morgan fingerprint density at radius 3 is 2.12 bits per heavy atom. The predicted octanol–water partition coefficient (Wildman–Crippen LogP) is 3.58. The van der Waals surface area contributed by atoms with Gasteiger partial charge in [-0.2, -0.15) is 13.2 Å². The molecule has 0 aliphatic heterocycles. The molecule has 16 heavy (non-hydrogen) atoms. The molecular formula is C12H13F3O. The summed E-state index contributed by atoms with van der Waals surface area (Å²) in [6.07, 6.45) is -3.49. The Morgan fingerprint density at radius 2 is 1.75 bits per heavy atom. The highest BCUT2D eigenvalue weighted by Gasteiger charge is 2.62. The average molecular weight is 230 g/mol. The highest BCUT2D eigenvalue weighted by atomic mass is 19.4. The lowest BCUT2D eigenvalue weighted by atomic mass is 9.96. The molecule has 0 spiro atoms. The number of hydrogen-bond donors (Lipinski definition) is 0. The number of rotatable bonds is 3. The van der Waals surface area contributed by atoms with Crippen LogP contribution in [0.5, 0.6) is 5.75 Å². The van der Waals surface area contributed by atoms with Crippen LogP contribution >= 0.6 is 0 Å². The first-order chi connectivity index (χ1) is 7.47. The van der Waals surface area contributed by atoms with Gasteiger partial charge in [-0.25, -0.2) is 0 Å². The lowest BCUT2D eigenvalue weighted by molar-refractivity contribution is -0.186. The molecule has 0 heterocycles. The Kier molecular flexibility index (Phi) is 2.60. The highest BCUT2D eigenvalue weighted by Crippen LogP contribution is 2.59. The van der Waals surface area contributed by atoms with Gasteiger partial charge in [-0.3, -0.25) is 0 Å². The molecule has 1 nitrogen and oxygen atoms in total. The van der Waals surface area contributed by atoms with E-state index in [1.165, 1.54) is 7.11 Å². The van der Waals surface area contributed by atoms with Crippen molar-refractivity contribution >= 4 is 0 Å². The molecule has 1 aromatic rings. The van der Waals surface area contributed by atoms with Crippen molar-refractivity contribution in [1.82, 2.24) is 0 Å². The van der Waals surface area contributed by atoms with E-state index in [1.54, 1.807) is 24.3 Å². The summed E-state index contributed by atoms with van der Waals surface area (Å²) in [6.45, 7) is 0. The first-order valence-corrected chi connectivity index (χ1v) is 5.16. The first-order valence-electron chi connectivity index (χ1n) is 5.16. The molecule has 2 rings (SSSR count). The van der Waals surface area contributed by atoms with Crippen LogP contribution in [0.4, 0.5) is 13.2 Å². The third-order valence-electron chi connectivity index (χ3n) is 3.16. The maximum Gasteiger partial charge on any atom is 0.394 e. The molecule has 1 aliphatic rings. The van der Waals surface area contributed by atoms with Crippen LogP contribution in [-0.2, 0) is 6.42 Å². The van der Waals surface area contributed by atoms with Crippen LogP contribution in [0.1, 0.15) is 18.4 Å². The van der Waals surface area contributed by atoms with Crippen LogP contribution in [0.3, 0.4) is 0 Å². The molecule has 0 aromatic heterocycles. The van der Waals surface area contributed by atoms with E-state index in [2.05, 4.69) is 0 Å². The van der Waals surface area contributed by atoms with Gasteiger partial charge in [0.25, 0.3) is 0 Å². The summed E-state index contributed by atoms with van der Waals surface area (Å²) in [6, 6.07) is 6.79. The molecule has 0 N–H and O–H groups in total. The molecule has 0 unspecified atom stereocenters. The maximum atomic E-state index is 12.7. The van der Waals surface area contributed by atoms with Crippen molar-refractivity contribution < 1.29 is 17.9 Å². The van der Waals surface area contributed by atoms with Gasteiger partial charge in [-0.1, -0.05) is 12.1 Å². The first kappa shape index (κ1) is 11.3. The maximum absolute atomic E-state index is 12.7.